The van der Waals surface area contributed by atoms with Gasteiger partial charge in [-0.25, -0.2) is 0 Å². The van der Waals surface area contributed by atoms with Gasteiger partial charge >= 0.3 is 11.8 Å². The molecule has 7 nitrogen and oxygen atoms in total. The van der Waals surface area contributed by atoms with Gasteiger partial charge in [0.1, 0.15) is 0 Å². The number of carbonyl (C=O) groups is 3. The van der Waals surface area contributed by atoms with Crippen LogP contribution in [0.5, 0.6) is 0 Å². The molecule has 0 bridgehead atoms. The third kappa shape index (κ3) is 5.31. The van der Waals surface area contributed by atoms with E-state index in [-0.39, 0.29) is 11.9 Å². The van der Waals surface area contributed by atoms with Crippen LogP contribution >= 0.6 is 11.3 Å². The summed E-state index contributed by atoms with van der Waals surface area (Å²) in [6.07, 6.45) is 0. The summed E-state index contributed by atoms with van der Waals surface area (Å²) >= 11 is 1.46. The van der Waals surface area contributed by atoms with Crippen LogP contribution < -0.4 is 10.6 Å². The Labute approximate surface area is 146 Å². The second-order valence-electron chi connectivity index (χ2n) is 6.00. The highest BCUT2D eigenvalue weighted by Gasteiger charge is 2.22. The fraction of sp³-hybridized carbons (Fsp3) is 0.562. The van der Waals surface area contributed by atoms with E-state index in [1.54, 1.807) is 0 Å². The molecule has 0 aromatic carbocycles. The summed E-state index contributed by atoms with van der Waals surface area (Å²) in [6.45, 7) is 7.60. The van der Waals surface area contributed by atoms with E-state index in [4.69, 9.17) is 0 Å². The summed E-state index contributed by atoms with van der Waals surface area (Å²) in [4.78, 5) is 40.1. The van der Waals surface area contributed by atoms with E-state index in [0.29, 0.717) is 26.2 Å². The topological polar surface area (TPSA) is 81.8 Å². The Morgan fingerprint density at radius 3 is 2.46 bits per heavy atom. The first kappa shape index (κ1) is 18.4. The lowest BCUT2D eigenvalue weighted by Gasteiger charge is -2.34. The molecule has 24 heavy (non-hydrogen) atoms. The molecule has 132 valence electrons. The van der Waals surface area contributed by atoms with E-state index in [1.807, 2.05) is 36.3 Å². The molecule has 8 heteroatoms. The minimum atomic E-state index is -0.602. The number of rotatable bonds is 5. The van der Waals surface area contributed by atoms with E-state index in [2.05, 4.69) is 15.5 Å². The van der Waals surface area contributed by atoms with Gasteiger partial charge in [0, 0.05) is 45.3 Å². The summed E-state index contributed by atoms with van der Waals surface area (Å²) in [6, 6.07) is 3.67. The van der Waals surface area contributed by atoms with Crippen LogP contribution in [0.15, 0.2) is 17.5 Å². The Morgan fingerprint density at radius 1 is 1.17 bits per heavy atom. The lowest BCUT2D eigenvalue weighted by atomic mass is 10.3. The molecule has 0 spiro atoms. The maximum Gasteiger partial charge on any atom is 0.309 e. The van der Waals surface area contributed by atoms with Crippen molar-refractivity contribution in [1.29, 1.82) is 0 Å². The van der Waals surface area contributed by atoms with Crippen LogP contribution in [0.2, 0.25) is 0 Å². The zero-order valence-electron chi connectivity index (χ0n) is 14.1. The zero-order chi connectivity index (χ0) is 17.5. The molecule has 0 unspecified atom stereocenters. The number of amides is 3. The maximum absolute atomic E-state index is 12.3. The van der Waals surface area contributed by atoms with Crippen molar-refractivity contribution in [1.82, 2.24) is 20.4 Å². The van der Waals surface area contributed by atoms with E-state index in [9.17, 15) is 14.4 Å². The van der Waals surface area contributed by atoms with Crippen molar-refractivity contribution in [2.75, 3.05) is 39.3 Å². The number of hydrogen-bond donors (Lipinski definition) is 2. The monoisotopic (exact) mass is 352 g/mol. The van der Waals surface area contributed by atoms with Gasteiger partial charge in [-0.3, -0.25) is 19.3 Å². The first-order valence-corrected chi connectivity index (χ1v) is 8.99. The lowest BCUT2D eigenvalue weighted by Crippen LogP contribution is -2.51. The molecule has 1 fully saturated rings. The third-order valence-corrected chi connectivity index (χ3v) is 4.59. The summed E-state index contributed by atoms with van der Waals surface area (Å²) < 4.78 is 0. The van der Waals surface area contributed by atoms with Crippen LogP contribution in [-0.2, 0) is 9.59 Å². The Morgan fingerprint density at radius 2 is 1.88 bits per heavy atom. The average molecular weight is 352 g/mol. The lowest BCUT2D eigenvalue weighted by molar-refractivity contribution is -0.139. The van der Waals surface area contributed by atoms with Gasteiger partial charge in [0.25, 0.3) is 5.91 Å². The van der Waals surface area contributed by atoms with Gasteiger partial charge in [-0.15, -0.1) is 11.3 Å². The smallest absolute Gasteiger partial charge is 0.309 e. The molecule has 2 heterocycles. The molecule has 1 saturated heterocycles. The highest BCUT2D eigenvalue weighted by Crippen LogP contribution is 2.13. The number of nitrogens with zero attached hydrogens (tertiary/aromatic N) is 2. The quantitative estimate of drug-likeness (QED) is 0.739. The Balaban J connectivity index is 1.65. The van der Waals surface area contributed by atoms with Gasteiger partial charge in [-0.05, 0) is 25.3 Å². The van der Waals surface area contributed by atoms with Crippen LogP contribution in [0, 0.1) is 0 Å². The third-order valence-electron chi connectivity index (χ3n) is 3.73. The fourth-order valence-corrected chi connectivity index (χ4v) is 3.16. The van der Waals surface area contributed by atoms with Gasteiger partial charge in [-0.2, -0.15) is 0 Å². The standard InChI is InChI=1S/C16H24N4O3S/c1-12(2)18-15(22)14(21)17-5-6-19-7-9-20(10-8-19)16(23)13-4-3-11-24-13/h3-4,11-12H,5-10H2,1-2H3,(H,17,21)(H,18,22). The predicted octanol–water partition coefficient (Wildman–Crippen LogP) is 0.147. The molecule has 1 aromatic rings. The van der Waals surface area contributed by atoms with Gasteiger partial charge < -0.3 is 15.5 Å². The van der Waals surface area contributed by atoms with E-state index in [1.165, 1.54) is 11.3 Å². The minimum Gasteiger partial charge on any atom is -0.347 e. The summed E-state index contributed by atoms with van der Waals surface area (Å²) in [7, 11) is 0. The highest BCUT2D eigenvalue weighted by atomic mass is 32.1. The van der Waals surface area contributed by atoms with Gasteiger partial charge in [0.15, 0.2) is 0 Å². The van der Waals surface area contributed by atoms with Crippen molar-refractivity contribution < 1.29 is 14.4 Å². The van der Waals surface area contributed by atoms with Crippen LogP contribution in [0.4, 0.5) is 0 Å². The van der Waals surface area contributed by atoms with Crippen LogP contribution in [0.3, 0.4) is 0 Å². The Kier molecular flexibility index (Phi) is 6.74. The van der Waals surface area contributed by atoms with Crippen LogP contribution in [0.1, 0.15) is 23.5 Å². The number of piperazine rings is 1. The van der Waals surface area contributed by atoms with E-state index in [0.717, 1.165) is 18.0 Å². The largest absolute Gasteiger partial charge is 0.347 e. The zero-order valence-corrected chi connectivity index (χ0v) is 14.9. The summed E-state index contributed by atoms with van der Waals surface area (Å²) in [5, 5.41) is 7.08. The molecule has 0 radical (unpaired) electrons. The van der Waals surface area contributed by atoms with Crippen molar-refractivity contribution >= 4 is 29.1 Å². The molecule has 0 aliphatic carbocycles. The van der Waals surface area contributed by atoms with Gasteiger partial charge in [0.05, 0.1) is 4.88 Å². The molecule has 0 atom stereocenters. The molecular formula is C16H24N4O3S. The second-order valence-corrected chi connectivity index (χ2v) is 6.94. The number of carbonyl (C=O) groups excluding carboxylic acids is 3. The Hall–Kier alpha value is -1.93. The maximum atomic E-state index is 12.3. The SMILES string of the molecule is CC(C)NC(=O)C(=O)NCCN1CCN(C(=O)c2cccs2)CC1. The average Bonchev–Trinajstić information content (AvgIpc) is 3.08. The molecule has 3 amide bonds. The van der Waals surface area contributed by atoms with Crippen molar-refractivity contribution in [3.05, 3.63) is 22.4 Å². The number of nitrogens with one attached hydrogen (secondary N) is 2. The number of hydrogen-bond acceptors (Lipinski definition) is 5. The van der Waals surface area contributed by atoms with E-state index < -0.39 is 11.8 Å². The number of thiophene rings is 1. The van der Waals surface area contributed by atoms with Gasteiger partial charge in [-0.1, -0.05) is 6.07 Å². The fourth-order valence-electron chi connectivity index (χ4n) is 2.47. The normalized spacial score (nSPS) is 15.4. The molecule has 1 aliphatic heterocycles. The molecule has 2 N–H and O–H groups in total. The molecular weight excluding hydrogens is 328 g/mol. The predicted molar refractivity (Wildman–Crippen MR) is 93.0 cm³/mol. The summed E-state index contributed by atoms with van der Waals surface area (Å²) in [5.74, 6) is -1.12. The molecule has 0 saturated carbocycles. The molecule has 2 rings (SSSR count). The van der Waals surface area contributed by atoms with Gasteiger partial charge in [0.2, 0.25) is 0 Å². The summed E-state index contributed by atoms with van der Waals surface area (Å²) in [5.41, 5.74) is 0. The molecule has 1 aliphatic rings. The van der Waals surface area contributed by atoms with Crippen molar-refractivity contribution in [2.45, 2.75) is 19.9 Å². The second kappa shape index (κ2) is 8.79. The Bertz CT molecular complexity index is 566. The minimum absolute atomic E-state index is 0.0581. The first-order chi connectivity index (χ1) is 11.5. The molecule has 1 aromatic heterocycles. The van der Waals surface area contributed by atoms with E-state index >= 15 is 0 Å². The highest BCUT2D eigenvalue weighted by molar-refractivity contribution is 7.12. The van der Waals surface area contributed by atoms with Crippen molar-refractivity contribution in [3.8, 4) is 0 Å². The van der Waals surface area contributed by atoms with Crippen molar-refractivity contribution in [3.63, 3.8) is 0 Å². The van der Waals surface area contributed by atoms with Crippen LogP contribution in [0.25, 0.3) is 0 Å². The van der Waals surface area contributed by atoms with Crippen molar-refractivity contribution in [2.24, 2.45) is 0 Å². The first-order valence-electron chi connectivity index (χ1n) is 8.11. The van der Waals surface area contributed by atoms with Crippen LogP contribution in [-0.4, -0.2) is 72.8 Å².